The Bertz CT molecular complexity index is 1190. The molecule has 4 rings (SSSR count). The lowest BCUT2D eigenvalue weighted by atomic mass is 9.84. The van der Waals surface area contributed by atoms with Crippen molar-refractivity contribution in [3.63, 3.8) is 0 Å². The number of oxime groups is 1. The predicted octanol–water partition coefficient (Wildman–Crippen LogP) is 0.948. The summed E-state index contributed by atoms with van der Waals surface area (Å²) in [5.41, 5.74) is -0.423. The normalized spacial score (nSPS) is 23.3. The Labute approximate surface area is 206 Å². The van der Waals surface area contributed by atoms with Crippen LogP contribution in [-0.4, -0.2) is 39.9 Å². The van der Waals surface area contributed by atoms with Gasteiger partial charge in [0.1, 0.15) is 5.01 Å². The zero-order chi connectivity index (χ0) is 24.2. The average molecular weight is 551 g/mol. The molecule has 18 heteroatoms. The number of nitrogens with one attached hydrogen (secondary N) is 4. The highest BCUT2D eigenvalue weighted by atomic mass is 33.1. The van der Waals surface area contributed by atoms with Crippen molar-refractivity contribution in [3.8, 4) is 0 Å². The lowest BCUT2D eigenvalue weighted by Gasteiger charge is -2.24. The Balaban J connectivity index is 1.48. The molecule has 186 valence electrons. The first-order chi connectivity index (χ1) is 16.3. The van der Waals surface area contributed by atoms with E-state index in [-0.39, 0.29) is 23.7 Å². The van der Waals surface area contributed by atoms with E-state index in [2.05, 4.69) is 43.0 Å². The molecule has 14 nitrogen and oxygen atoms in total. The number of aromatic amines is 2. The summed E-state index contributed by atoms with van der Waals surface area (Å²) >= 11 is -0.609. The molecule has 0 radical (unpaired) electrons. The van der Waals surface area contributed by atoms with E-state index in [0.717, 1.165) is 22.5 Å². The van der Waals surface area contributed by atoms with Gasteiger partial charge in [-0.3, -0.25) is 22.9 Å². The summed E-state index contributed by atoms with van der Waals surface area (Å²) in [7, 11) is -0.368. The third-order valence-corrected chi connectivity index (χ3v) is 8.86. The molecule has 4 N–H and O–H groups in total. The van der Waals surface area contributed by atoms with Crippen LogP contribution in [0.2, 0.25) is 0 Å². The first-order valence-electron chi connectivity index (χ1n) is 10.3. The van der Waals surface area contributed by atoms with E-state index < -0.39 is 33.1 Å². The fourth-order valence-corrected chi connectivity index (χ4v) is 6.66. The zero-order valence-corrected chi connectivity index (χ0v) is 21.3. The zero-order valence-electron chi connectivity index (χ0n) is 18.0. The molecule has 0 aliphatic carbocycles. The predicted molar refractivity (Wildman–Crippen MR) is 128 cm³/mol. The van der Waals surface area contributed by atoms with Gasteiger partial charge >= 0.3 is 22.7 Å². The number of aromatic nitrogens is 4. The molecule has 6 unspecified atom stereocenters. The van der Waals surface area contributed by atoms with Gasteiger partial charge in [-0.15, -0.1) is 4.40 Å². The first-order valence-corrected chi connectivity index (χ1v) is 14.6. The Morgan fingerprint density at radius 3 is 2.56 bits per heavy atom. The molecule has 6 atom stereocenters. The van der Waals surface area contributed by atoms with E-state index in [1.54, 1.807) is 0 Å². The second-order valence-corrected chi connectivity index (χ2v) is 11.9. The van der Waals surface area contributed by atoms with E-state index in [1.165, 1.54) is 0 Å². The van der Waals surface area contributed by atoms with Gasteiger partial charge in [0.2, 0.25) is 0 Å². The van der Waals surface area contributed by atoms with Crippen LogP contribution in [0.5, 0.6) is 0 Å². The summed E-state index contributed by atoms with van der Waals surface area (Å²) in [6.45, 7) is 3.84. The van der Waals surface area contributed by atoms with Crippen LogP contribution in [0, 0.1) is 11.8 Å². The van der Waals surface area contributed by atoms with E-state index in [4.69, 9.17) is 4.28 Å². The fourth-order valence-electron chi connectivity index (χ4n) is 3.77. The fraction of sp³-hybridized carbons (Fsp3) is 0.625. The molecular formula is C16H22N8O6S4. The molecule has 0 fully saturated rings. The molecule has 2 aromatic heterocycles. The van der Waals surface area contributed by atoms with Crippen molar-refractivity contribution < 1.29 is 17.6 Å². The highest BCUT2D eigenvalue weighted by molar-refractivity contribution is 8.71. The molecule has 4 heterocycles. The largest absolute Gasteiger partial charge is 0.580 e. The number of hydrogen-bond donors (Lipinski definition) is 4. The van der Waals surface area contributed by atoms with Crippen LogP contribution < -0.4 is 20.9 Å². The highest BCUT2D eigenvalue weighted by Crippen LogP contribution is 2.34. The molecule has 0 spiro atoms. The highest BCUT2D eigenvalue weighted by Gasteiger charge is 2.34. The maximum atomic E-state index is 11.9. The van der Waals surface area contributed by atoms with Crippen LogP contribution in [0.4, 0.5) is 0 Å². The van der Waals surface area contributed by atoms with Gasteiger partial charge in [-0.1, -0.05) is 24.2 Å². The number of hydrogen-bond acceptors (Lipinski definition) is 13. The summed E-state index contributed by atoms with van der Waals surface area (Å²) in [5, 5.41) is 8.27. The lowest BCUT2D eigenvalue weighted by Crippen LogP contribution is -2.34. The van der Waals surface area contributed by atoms with Gasteiger partial charge < -0.3 is 4.55 Å². The summed E-state index contributed by atoms with van der Waals surface area (Å²) < 4.78 is 45.5. The first kappa shape index (κ1) is 25.0. The van der Waals surface area contributed by atoms with E-state index in [9.17, 15) is 18.4 Å². The summed E-state index contributed by atoms with van der Waals surface area (Å²) in [4.78, 5) is 29.4. The standard InChI is InChI=1S/C16H22N8O6S4/c1-7(11-17-16(26)29-19-11)3-4-9(12-21-32-34(28)24-12)5-6-10(13-20-30-33(27)23-13)8(2)14-18-15(25)22-31-14/h7-10H,3-6H2,1-2H3,(H,20,23)(H,21,24)(H,22,25)(H,17,19,26). The van der Waals surface area contributed by atoms with Gasteiger partial charge in [-0.05, 0) is 37.2 Å². The van der Waals surface area contributed by atoms with Crippen LogP contribution in [0.15, 0.2) is 23.7 Å². The number of amidine groups is 2. The van der Waals surface area contributed by atoms with Crippen LogP contribution in [0.25, 0.3) is 0 Å². The molecular weight excluding hydrogens is 528 g/mol. The number of nitrogens with zero attached hydrogens (tertiary/aromatic N) is 4. The van der Waals surface area contributed by atoms with Crippen molar-refractivity contribution in [2.75, 3.05) is 0 Å². The molecule has 2 aliphatic heterocycles. The average Bonchev–Trinajstić information content (AvgIpc) is 3.60. The van der Waals surface area contributed by atoms with Gasteiger partial charge in [0.15, 0.2) is 27.9 Å². The van der Waals surface area contributed by atoms with E-state index in [1.807, 2.05) is 13.8 Å². The maximum absolute atomic E-state index is 11.9. The molecule has 0 amide bonds. The number of rotatable bonds is 11. The molecule has 0 saturated carbocycles. The maximum Gasteiger partial charge on any atom is 0.438 e. The second-order valence-electron chi connectivity index (χ2n) is 7.86. The Hall–Kier alpha value is -2.15. The van der Waals surface area contributed by atoms with Crippen molar-refractivity contribution in [2.24, 2.45) is 21.4 Å². The van der Waals surface area contributed by atoms with Crippen LogP contribution in [0.1, 0.15) is 62.2 Å². The minimum Gasteiger partial charge on any atom is -0.580 e. The molecule has 34 heavy (non-hydrogen) atoms. The minimum absolute atomic E-state index is 0.0677. The van der Waals surface area contributed by atoms with Gasteiger partial charge in [0, 0.05) is 23.7 Å². The van der Waals surface area contributed by atoms with Crippen molar-refractivity contribution in [3.05, 3.63) is 31.9 Å². The third kappa shape index (κ3) is 6.09. The Morgan fingerprint density at radius 1 is 1.18 bits per heavy atom. The summed E-state index contributed by atoms with van der Waals surface area (Å²) in [6.07, 6.45) is 2.52. The molecule has 2 aromatic rings. The Morgan fingerprint density at radius 2 is 1.97 bits per heavy atom. The SMILES string of the molecule is CC(CCC(CCC(C1=NOS(=O)N1)C(C)c1nc(=O)[nH]s1)C1=NS[S+]([O-])N1)c1noc(=O)[nH]1. The lowest BCUT2D eigenvalue weighted by molar-refractivity contribution is 0.372. The summed E-state index contributed by atoms with van der Waals surface area (Å²) in [5.74, 6) is 0.276. The smallest absolute Gasteiger partial charge is 0.438 e. The van der Waals surface area contributed by atoms with Crippen LogP contribution >= 0.6 is 22.5 Å². The van der Waals surface area contributed by atoms with Gasteiger partial charge in [0.05, 0.1) is 0 Å². The third-order valence-electron chi connectivity index (χ3n) is 5.67. The monoisotopic (exact) mass is 550 g/mol. The van der Waals surface area contributed by atoms with Crippen molar-refractivity contribution >= 4 is 55.8 Å². The molecule has 2 aliphatic rings. The van der Waals surface area contributed by atoms with Crippen LogP contribution in [-0.2, 0) is 25.9 Å². The quantitative estimate of drug-likeness (QED) is 0.177. The number of H-pyrrole nitrogens is 2. The molecule has 0 bridgehead atoms. The van der Waals surface area contributed by atoms with E-state index >= 15 is 0 Å². The molecule has 0 saturated heterocycles. The van der Waals surface area contributed by atoms with Gasteiger partial charge in [-0.2, -0.15) is 13.9 Å². The Kier molecular flexibility index (Phi) is 8.12. The van der Waals surface area contributed by atoms with Crippen molar-refractivity contribution in [1.29, 1.82) is 0 Å². The van der Waals surface area contributed by atoms with Crippen LogP contribution in [0.3, 0.4) is 0 Å². The molecule has 0 aromatic carbocycles. The second kappa shape index (κ2) is 11.1. The minimum atomic E-state index is -1.76. The van der Waals surface area contributed by atoms with Crippen molar-refractivity contribution in [1.82, 2.24) is 28.9 Å². The summed E-state index contributed by atoms with van der Waals surface area (Å²) in [6, 6.07) is 0. The van der Waals surface area contributed by atoms with E-state index in [0.29, 0.717) is 48.2 Å². The topological polar surface area (TPSA) is 203 Å². The van der Waals surface area contributed by atoms with Crippen molar-refractivity contribution in [2.45, 2.75) is 51.4 Å². The van der Waals surface area contributed by atoms with Gasteiger partial charge in [-0.25, -0.2) is 9.59 Å². The van der Waals surface area contributed by atoms with Gasteiger partial charge in [0.25, 0.3) is 11.0 Å².